The fourth-order valence-corrected chi connectivity index (χ4v) is 2.93. The van der Waals surface area contributed by atoms with E-state index in [-0.39, 0.29) is 18.0 Å². The molecule has 130 valence electrons. The van der Waals surface area contributed by atoms with Crippen LogP contribution in [0.15, 0.2) is 18.2 Å². The summed E-state index contributed by atoms with van der Waals surface area (Å²) in [7, 11) is 0. The third-order valence-electron chi connectivity index (χ3n) is 4.05. The van der Waals surface area contributed by atoms with E-state index in [0.717, 1.165) is 6.07 Å². The zero-order chi connectivity index (χ0) is 17.5. The number of carbonyl (C=O) groups excluding carboxylic acids is 2. The topological polar surface area (TPSA) is 67.9 Å². The van der Waals surface area contributed by atoms with Crippen molar-refractivity contribution in [3.05, 3.63) is 29.6 Å². The molecule has 2 amide bonds. The molecule has 1 unspecified atom stereocenters. The Morgan fingerprint density at radius 1 is 1.42 bits per heavy atom. The molecule has 1 aromatic rings. The van der Waals surface area contributed by atoms with Crippen molar-refractivity contribution in [1.29, 1.82) is 0 Å². The van der Waals surface area contributed by atoms with Crippen molar-refractivity contribution < 1.29 is 23.5 Å². The predicted octanol–water partition coefficient (Wildman–Crippen LogP) is 2.33. The molecule has 0 aromatic heterocycles. The quantitative estimate of drug-likeness (QED) is 0.789. The van der Waals surface area contributed by atoms with Crippen LogP contribution in [0.25, 0.3) is 0 Å². The first-order valence-corrected chi connectivity index (χ1v) is 7.92. The van der Waals surface area contributed by atoms with Crippen LogP contribution in [-0.4, -0.2) is 47.7 Å². The van der Waals surface area contributed by atoms with Crippen LogP contribution in [0.1, 0.15) is 37.6 Å². The Morgan fingerprint density at radius 2 is 2.17 bits per heavy atom. The monoisotopic (exact) mass is 336 g/mol. The van der Waals surface area contributed by atoms with Crippen molar-refractivity contribution >= 4 is 12.0 Å². The zero-order valence-electron chi connectivity index (χ0n) is 14.0. The Labute approximate surface area is 139 Å². The van der Waals surface area contributed by atoms with Crippen LogP contribution in [0.3, 0.4) is 0 Å². The summed E-state index contributed by atoms with van der Waals surface area (Å²) in [6.07, 6.45) is 0.154. The van der Waals surface area contributed by atoms with Crippen LogP contribution in [0.4, 0.5) is 9.18 Å². The number of benzene rings is 1. The van der Waals surface area contributed by atoms with Crippen LogP contribution >= 0.6 is 0 Å². The van der Waals surface area contributed by atoms with Gasteiger partial charge in [-0.2, -0.15) is 0 Å². The van der Waals surface area contributed by atoms with Crippen LogP contribution in [-0.2, 0) is 4.74 Å². The van der Waals surface area contributed by atoms with Gasteiger partial charge in [0.1, 0.15) is 22.8 Å². The van der Waals surface area contributed by atoms with Gasteiger partial charge < -0.3 is 19.7 Å². The second-order valence-corrected chi connectivity index (χ2v) is 7.26. The van der Waals surface area contributed by atoms with Gasteiger partial charge in [0.2, 0.25) is 0 Å². The Bertz CT molecular complexity index is 686. The van der Waals surface area contributed by atoms with Crippen LogP contribution < -0.4 is 10.1 Å². The number of likely N-dealkylation sites (tertiary alicyclic amines) is 1. The number of rotatable bonds is 0. The number of ether oxygens (including phenoxy) is 2. The Morgan fingerprint density at radius 3 is 2.88 bits per heavy atom. The fraction of sp³-hybridized carbons (Fsp3) is 0.529. The van der Waals surface area contributed by atoms with E-state index in [2.05, 4.69) is 5.32 Å². The number of halogens is 1. The van der Waals surface area contributed by atoms with Gasteiger partial charge in [-0.05, 0) is 39.0 Å². The SMILES string of the molecule is CC(C)(C)OC(=O)N1CCC2(CNC(=O)c3cc(F)ccc3O2)C1. The van der Waals surface area contributed by atoms with E-state index in [1.807, 2.05) is 20.8 Å². The van der Waals surface area contributed by atoms with Crippen LogP contribution in [0.2, 0.25) is 0 Å². The molecular formula is C17H21FN2O4. The van der Waals surface area contributed by atoms with Gasteiger partial charge in [0.05, 0.1) is 18.7 Å². The van der Waals surface area contributed by atoms with Gasteiger partial charge in [-0.1, -0.05) is 0 Å². The molecule has 1 aromatic carbocycles. The van der Waals surface area contributed by atoms with Gasteiger partial charge in [-0.3, -0.25) is 4.79 Å². The summed E-state index contributed by atoms with van der Waals surface area (Å²) >= 11 is 0. The molecule has 3 rings (SSSR count). The van der Waals surface area contributed by atoms with E-state index in [0.29, 0.717) is 25.3 Å². The largest absolute Gasteiger partial charge is 0.483 e. The molecule has 0 saturated carbocycles. The molecule has 0 aliphatic carbocycles. The molecule has 2 aliphatic heterocycles. The molecule has 0 bridgehead atoms. The molecule has 0 radical (unpaired) electrons. The molecular weight excluding hydrogens is 315 g/mol. The Kier molecular flexibility index (Phi) is 3.89. The van der Waals surface area contributed by atoms with Crippen molar-refractivity contribution in [2.45, 2.75) is 38.4 Å². The van der Waals surface area contributed by atoms with E-state index < -0.39 is 23.1 Å². The van der Waals surface area contributed by atoms with Gasteiger partial charge in [-0.15, -0.1) is 0 Å². The molecule has 1 N–H and O–H groups in total. The minimum Gasteiger partial charge on any atom is -0.483 e. The summed E-state index contributed by atoms with van der Waals surface area (Å²) in [5.41, 5.74) is -1.13. The van der Waals surface area contributed by atoms with E-state index in [1.165, 1.54) is 12.1 Å². The lowest BCUT2D eigenvalue weighted by molar-refractivity contribution is 0.0216. The second-order valence-electron chi connectivity index (χ2n) is 7.26. The fourth-order valence-electron chi connectivity index (χ4n) is 2.93. The standard InChI is InChI=1S/C17H21FN2O4/c1-16(2,3)24-15(22)20-7-6-17(10-20)9-19-14(21)12-8-11(18)4-5-13(12)23-17/h4-5,8H,6-7,9-10H2,1-3H3,(H,19,21). The third-order valence-corrected chi connectivity index (χ3v) is 4.05. The van der Waals surface area contributed by atoms with E-state index >= 15 is 0 Å². The lowest BCUT2D eigenvalue weighted by Gasteiger charge is -2.29. The van der Waals surface area contributed by atoms with Crippen molar-refractivity contribution in [3.63, 3.8) is 0 Å². The number of amides is 2. The number of nitrogens with zero attached hydrogens (tertiary/aromatic N) is 1. The van der Waals surface area contributed by atoms with Gasteiger partial charge in [0.15, 0.2) is 0 Å². The van der Waals surface area contributed by atoms with E-state index in [1.54, 1.807) is 4.90 Å². The molecule has 24 heavy (non-hydrogen) atoms. The maximum Gasteiger partial charge on any atom is 0.410 e. The Balaban J connectivity index is 1.79. The van der Waals surface area contributed by atoms with Crippen molar-refractivity contribution in [2.75, 3.05) is 19.6 Å². The first-order chi connectivity index (χ1) is 11.2. The van der Waals surface area contributed by atoms with Gasteiger partial charge >= 0.3 is 6.09 Å². The first-order valence-electron chi connectivity index (χ1n) is 7.92. The van der Waals surface area contributed by atoms with Crippen LogP contribution in [0, 0.1) is 5.82 Å². The third kappa shape index (κ3) is 3.29. The summed E-state index contributed by atoms with van der Waals surface area (Å²) in [6.45, 7) is 6.46. The zero-order valence-corrected chi connectivity index (χ0v) is 14.0. The molecule has 1 atom stereocenters. The van der Waals surface area contributed by atoms with Gasteiger partial charge in [0, 0.05) is 13.0 Å². The molecule has 1 spiro atoms. The minimum absolute atomic E-state index is 0.169. The minimum atomic E-state index is -0.727. The highest BCUT2D eigenvalue weighted by Gasteiger charge is 2.45. The number of nitrogens with one attached hydrogen (secondary N) is 1. The second kappa shape index (κ2) is 5.65. The number of fused-ring (bicyclic) bond motifs is 1. The summed E-state index contributed by atoms with van der Waals surface area (Å²) in [6, 6.07) is 3.86. The molecule has 2 aliphatic rings. The van der Waals surface area contributed by atoms with Crippen molar-refractivity contribution in [2.24, 2.45) is 0 Å². The van der Waals surface area contributed by atoms with Gasteiger partial charge in [-0.25, -0.2) is 9.18 Å². The summed E-state index contributed by atoms with van der Waals surface area (Å²) in [5, 5.41) is 2.76. The molecule has 1 saturated heterocycles. The maximum atomic E-state index is 13.4. The van der Waals surface area contributed by atoms with Gasteiger partial charge in [0.25, 0.3) is 5.91 Å². The molecule has 7 heteroatoms. The highest BCUT2D eigenvalue weighted by molar-refractivity contribution is 5.97. The lowest BCUT2D eigenvalue weighted by atomic mass is 10.0. The lowest BCUT2D eigenvalue weighted by Crippen LogP contribution is -2.48. The van der Waals surface area contributed by atoms with E-state index in [9.17, 15) is 14.0 Å². The smallest absolute Gasteiger partial charge is 0.410 e. The average Bonchev–Trinajstić information content (AvgIpc) is 2.84. The van der Waals surface area contributed by atoms with Crippen molar-refractivity contribution in [1.82, 2.24) is 10.2 Å². The molecule has 2 heterocycles. The summed E-state index contributed by atoms with van der Waals surface area (Å²) in [4.78, 5) is 26.0. The normalized spacial score (nSPS) is 23.3. The maximum absolute atomic E-state index is 13.4. The summed E-state index contributed by atoms with van der Waals surface area (Å²) in [5.74, 6) is -0.542. The summed E-state index contributed by atoms with van der Waals surface area (Å²) < 4.78 is 24.8. The molecule has 6 nitrogen and oxygen atoms in total. The highest BCUT2D eigenvalue weighted by Crippen LogP contribution is 2.33. The highest BCUT2D eigenvalue weighted by atomic mass is 19.1. The Hall–Kier alpha value is -2.31. The van der Waals surface area contributed by atoms with E-state index in [4.69, 9.17) is 9.47 Å². The number of hydrogen-bond acceptors (Lipinski definition) is 4. The van der Waals surface area contributed by atoms with Crippen molar-refractivity contribution in [3.8, 4) is 5.75 Å². The van der Waals surface area contributed by atoms with Crippen LogP contribution in [0.5, 0.6) is 5.75 Å². The number of hydrogen-bond donors (Lipinski definition) is 1. The molecule has 1 fully saturated rings. The first kappa shape index (κ1) is 16.5. The predicted molar refractivity (Wildman–Crippen MR) is 84.5 cm³/mol. The number of carbonyl (C=O) groups is 2. The average molecular weight is 336 g/mol.